The molecular weight excluding hydrogens is 200 g/mol. The molecule has 0 aliphatic carbocycles. The van der Waals surface area contributed by atoms with E-state index in [2.05, 4.69) is 0 Å². The van der Waals surface area contributed by atoms with Gasteiger partial charge in [-0.3, -0.25) is 4.79 Å². The van der Waals surface area contributed by atoms with Gasteiger partial charge in [0, 0.05) is 5.92 Å². The Morgan fingerprint density at radius 3 is 2.47 bits per heavy atom. The number of carboxylic acid groups (broad SMARTS) is 1. The number of aliphatic hydroxyl groups is 1. The molecule has 0 radical (unpaired) electrons. The molecule has 1 fully saturated rings. The van der Waals surface area contributed by atoms with Crippen molar-refractivity contribution in [2.45, 2.75) is 38.9 Å². The van der Waals surface area contributed by atoms with E-state index in [4.69, 9.17) is 9.84 Å². The summed E-state index contributed by atoms with van der Waals surface area (Å²) in [6, 6.07) is 0. The Morgan fingerprint density at radius 1 is 1.67 bits per heavy atom. The second kappa shape index (κ2) is 3.81. The van der Waals surface area contributed by atoms with Gasteiger partial charge in [0.05, 0.1) is 5.92 Å². The van der Waals surface area contributed by atoms with Crippen molar-refractivity contribution in [3.8, 4) is 0 Å². The number of hydrogen-bond donors (Lipinski definition) is 2. The highest BCUT2D eigenvalue weighted by molar-refractivity contribution is 5.83. The molecule has 5 heteroatoms. The fourth-order valence-electron chi connectivity index (χ4n) is 1.83. The fraction of sp³-hybridized carbons (Fsp3) is 0.800. The number of rotatable bonds is 3. The number of cyclic esters (lactones) is 1. The van der Waals surface area contributed by atoms with Crippen LogP contribution < -0.4 is 0 Å². The lowest BCUT2D eigenvalue weighted by Crippen LogP contribution is -2.39. The number of hydrogen-bond acceptors (Lipinski definition) is 4. The van der Waals surface area contributed by atoms with Gasteiger partial charge in [-0.1, -0.05) is 13.8 Å². The Kier molecular flexibility index (Phi) is 3.04. The topological polar surface area (TPSA) is 83.8 Å². The van der Waals surface area contributed by atoms with Crippen molar-refractivity contribution < 1.29 is 24.5 Å². The molecule has 0 aromatic rings. The van der Waals surface area contributed by atoms with Gasteiger partial charge in [-0.2, -0.15) is 0 Å². The third kappa shape index (κ3) is 1.84. The summed E-state index contributed by atoms with van der Waals surface area (Å²) in [5, 5.41) is 18.7. The highest BCUT2D eigenvalue weighted by atomic mass is 16.6. The Bertz CT molecular complexity index is 284. The van der Waals surface area contributed by atoms with E-state index in [-0.39, 0.29) is 0 Å². The van der Waals surface area contributed by atoms with Crippen molar-refractivity contribution in [3.63, 3.8) is 0 Å². The molecule has 15 heavy (non-hydrogen) atoms. The Morgan fingerprint density at radius 2 is 2.20 bits per heavy atom. The molecule has 0 aromatic carbocycles. The van der Waals surface area contributed by atoms with Crippen molar-refractivity contribution in [1.29, 1.82) is 0 Å². The van der Waals surface area contributed by atoms with E-state index in [9.17, 15) is 14.7 Å². The maximum absolute atomic E-state index is 11.3. The van der Waals surface area contributed by atoms with E-state index in [0.717, 1.165) is 0 Å². The van der Waals surface area contributed by atoms with Crippen molar-refractivity contribution in [2.24, 2.45) is 11.8 Å². The molecule has 4 atom stereocenters. The molecular formula is C10H16O5. The Labute approximate surface area is 88.0 Å². The lowest BCUT2D eigenvalue weighted by Gasteiger charge is -2.23. The zero-order chi connectivity index (χ0) is 11.8. The van der Waals surface area contributed by atoms with Crippen LogP contribution in [-0.4, -0.2) is 33.9 Å². The van der Waals surface area contributed by atoms with Gasteiger partial charge in [0.15, 0.2) is 5.60 Å². The predicted octanol–water partition coefficient (Wildman–Crippen LogP) is 0.410. The molecule has 2 N–H and O–H groups in total. The second-order valence-corrected chi connectivity index (χ2v) is 4.16. The van der Waals surface area contributed by atoms with Crippen molar-refractivity contribution in [3.05, 3.63) is 0 Å². The van der Waals surface area contributed by atoms with Crippen LogP contribution in [0.3, 0.4) is 0 Å². The van der Waals surface area contributed by atoms with Crippen molar-refractivity contribution in [1.82, 2.24) is 0 Å². The summed E-state index contributed by atoms with van der Waals surface area (Å²) in [5.41, 5.74) is -1.58. The number of carbonyl (C=O) groups is 2. The second-order valence-electron chi connectivity index (χ2n) is 4.16. The van der Waals surface area contributed by atoms with Gasteiger partial charge in [0.2, 0.25) is 0 Å². The summed E-state index contributed by atoms with van der Waals surface area (Å²) in [6.45, 7) is 4.70. The van der Waals surface area contributed by atoms with E-state index < -0.39 is 35.5 Å². The summed E-state index contributed by atoms with van der Waals surface area (Å²) in [7, 11) is 0. The molecule has 1 saturated heterocycles. The number of carboxylic acids is 1. The zero-order valence-electron chi connectivity index (χ0n) is 9.06. The van der Waals surface area contributed by atoms with Crippen LogP contribution in [0.25, 0.3) is 0 Å². The molecule has 1 aliphatic rings. The molecule has 0 saturated carbocycles. The van der Waals surface area contributed by atoms with Gasteiger partial charge in [-0.15, -0.1) is 0 Å². The first-order valence-corrected chi connectivity index (χ1v) is 4.98. The van der Waals surface area contributed by atoms with Crippen LogP contribution in [0.15, 0.2) is 0 Å². The first-order chi connectivity index (χ1) is 6.82. The van der Waals surface area contributed by atoms with Crippen LogP contribution in [0, 0.1) is 11.8 Å². The quantitative estimate of drug-likeness (QED) is 0.667. The van der Waals surface area contributed by atoms with Crippen LogP contribution in [0.5, 0.6) is 0 Å². The highest BCUT2D eigenvalue weighted by Gasteiger charge is 2.54. The SMILES string of the molecule is CCC(C(=O)O)C1OC(=O)C(C)(O)C1C. The number of esters is 1. The normalized spacial score (nSPS) is 37.5. The smallest absolute Gasteiger partial charge is 0.338 e. The van der Waals surface area contributed by atoms with Gasteiger partial charge in [-0.05, 0) is 13.3 Å². The van der Waals surface area contributed by atoms with Crippen molar-refractivity contribution in [2.75, 3.05) is 0 Å². The number of ether oxygens (including phenoxy) is 1. The highest BCUT2D eigenvalue weighted by Crippen LogP contribution is 2.36. The van der Waals surface area contributed by atoms with Crippen LogP contribution >= 0.6 is 0 Å². The molecule has 0 bridgehead atoms. The van der Waals surface area contributed by atoms with Crippen LogP contribution in [0.2, 0.25) is 0 Å². The molecule has 0 amide bonds. The maximum atomic E-state index is 11.3. The lowest BCUT2D eigenvalue weighted by atomic mass is 9.83. The largest absolute Gasteiger partial charge is 0.481 e. The summed E-state index contributed by atoms with van der Waals surface area (Å²) in [6.07, 6.45) is -0.372. The molecule has 86 valence electrons. The minimum absolute atomic E-state index is 0.369. The molecule has 1 heterocycles. The minimum Gasteiger partial charge on any atom is -0.481 e. The van der Waals surface area contributed by atoms with E-state index in [1.165, 1.54) is 6.92 Å². The Hall–Kier alpha value is -1.10. The molecule has 4 unspecified atom stereocenters. The third-order valence-electron chi connectivity index (χ3n) is 3.19. The number of aliphatic carboxylic acids is 1. The van der Waals surface area contributed by atoms with Gasteiger partial charge in [0.1, 0.15) is 6.10 Å². The monoisotopic (exact) mass is 216 g/mol. The summed E-state index contributed by atoms with van der Waals surface area (Å²) >= 11 is 0. The van der Waals surface area contributed by atoms with E-state index >= 15 is 0 Å². The molecule has 5 nitrogen and oxygen atoms in total. The molecule has 1 aliphatic heterocycles. The first-order valence-electron chi connectivity index (χ1n) is 4.98. The van der Waals surface area contributed by atoms with Gasteiger partial charge in [-0.25, -0.2) is 4.79 Å². The first kappa shape index (κ1) is 12.0. The number of carbonyl (C=O) groups excluding carboxylic acids is 1. The predicted molar refractivity (Wildman–Crippen MR) is 51.1 cm³/mol. The Balaban J connectivity index is 2.91. The van der Waals surface area contributed by atoms with Crippen LogP contribution in [0.4, 0.5) is 0 Å². The van der Waals surface area contributed by atoms with Gasteiger partial charge in [0.25, 0.3) is 0 Å². The van der Waals surface area contributed by atoms with Crippen LogP contribution in [-0.2, 0) is 14.3 Å². The summed E-state index contributed by atoms with van der Waals surface area (Å²) in [5.74, 6) is -3.00. The standard InChI is InChI=1S/C10H16O5/c1-4-6(8(11)12)7-5(2)10(3,14)9(13)15-7/h5-7,14H,4H2,1-3H3,(H,11,12). The molecule has 1 rings (SSSR count). The van der Waals surface area contributed by atoms with E-state index in [0.29, 0.717) is 6.42 Å². The lowest BCUT2D eigenvalue weighted by molar-refractivity contribution is -0.157. The van der Waals surface area contributed by atoms with Crippen molar-refractivity contribution >= 4 is 11.9 Å². The van der Waals surface area contributed by atoms with E-state index in [1.807, 2.05) is 0 Å². The average molecular weight is 216 g/mol. The van der Waals surface area contributed by atoms with Gasteiger partial charge < -0.3 is 14.9 Å². The zero-order valence-corrected chi connectivity index (χ0v) is 9.06. The third-order valence-corrected chi connectivity index (χ3v) is 3.19. The van der Waals surface area contributed by atoms with Crippen LogP contribution in [0.1, 0.15) is 27.2 Å². The minimum atomic E-state index is -1.58. The molecule has 0 spiro atoms. The van der Waals surface area contributed by atoms with E-state index in [1.54, 1.807) is 13.8 Å². The maximum Gasteiger partial charge on any atom is 0.338 e. The average Bonchev–Trinajstić information content (AvgIpc) is 2.31. The molecule has 0 aromatic heterocycles. The fourth-order valence-corrected chi connectivity index (χ4v) is 1.83. The van der Waals surface area contributed by atoms with Gasteiger partial charge >= 0.3 is 11.9 Å². The summed E-state index contributed by atoms with van der Waals surface area (Å²) in [4.78, 5) is 22.2. The summed E-state index contributed by atoms with van der Waals surface area (Å²) < 4.78 is 4.93.